The van der Waals surface area contributed by atoms with Gasteiger partial charge in [0.05, 0.1) is 12.1 Å². The average Bonchev–Trinajstić information content (AvgIpc) is 2.49. The van der Waals surface area contributed by atoms with E-state index in [1.165, 1.54) is 12.1 Å². The van der Waals surface area contributed by atoms with Crippen molar-refractivity contribution in [2.75, 3.05) is 25.6 Å². The maximum Gasteiger partial charge on any atom is 0.253 e. The predicted octanol–water partition coefficient (Wildman–Crippen LogP) is 2.35. The van der Waals surface area contributed by atoms with Crippen LogP contribution in [0.15, 0.2) is 18.2 Å². The lowest BCUT2D eigenvalue weighted by atomic mass is 10.1. The maximum atomic E-state index is 13.9. The second-order valence-corrected chi connectivity index (χ2v) is 5.73. The van der Waals surface area contributed by atoms with Crippen molar-refractivity contribution in [2.45, 2.75) is 19.4 Å². The average molecular weight is 308 g/mol. The Hall–Kier alpha value is -1.51. The van der Waals surface area contributed by atoms with E-state index in [4.69, 9.17) is 5.73 Å². The van der Waals surface area contributed by atoms with Gasteiger partial charge in [0.15, 0.2) is 0 Å². The molecule has 0 aliphatic rings. The van der Waals surface area contributed by atoms with Gasteiger partial charge in [-0.2, -0.15) is 11.8 Å². The van der Waals surface area contributed by atoms with Gasteiger partial charge in [-0.15, -0.1) is 0 Å². The van der Waals surface area contributed by atoms with Gasteiger partial charge in [-0.3, -0.25) is 4.79 Å². The number of amides is 1. The fourth-order valence-electron chi connectivity index (χ4n) is 1.78. The Labute approximate surface area is 130 Å². The lowest BCUT2D eigenvalue weighted by Gasteiger charge is -2.25. The van der Waals surface area contributed by atoms with Crippen LogP contribution >= 0.6 is 11.8 Å². The Balaban J connectivity index is 2.85. The zero-order chi connectivity index (χ0) is 15.8. The Kier molecular flexibility index (Phi) is 7.27. The third kappa shape index (κ3) is 5.07. The Morgan fingerprint density at radius 2 is 2.24 bits per heavy atom. The summed E-state index contributed by atoms with van der Waals surface area (Å²) in [5.74, 6) is 5.55. The van der Waals surface area contributed by atoms with Crippen LogP contribution in [0.1, 0.15) is 29.3 Å². The molecule has 0 radical (unpaired) electrons. The molecule has 1 rings (SSSR count). The maximum absolute atomic E-state index is 13.9. The number of carbonyl (C=O) groups excluding carboxylic acids is 1. The molecule has 0 aromatic heterocycles. The molecule has 114 valence electrons. The van der Waals surface area contributed by atoms with Gasteiger partial charge in [-0.25, -0.2) is 4.39 Å². The first-order chi connectivity index (χ1) is 10.0. The molecule has 1 aromatic rings. The quantitative estimate of drug-likeness (QED) is 0.849. The van der Waals surface area contributed by atoms with E-state index in [-0.39, 0.29) is 24.1 Å². The smallest absolute Gasteiger partial charge is 0.253 e. The molecule has 5 heteroatoms. The number of benzene rings is 1. The number of rotatable bonds is 5. The SMILES string of the molecule is CSCCC(C)N(C)C(=O)c1ccc(C#CCN)c(F)c1. The summed E-state index contributed by atoms with van der Waals surface area (Å²) in [5, 5.41) is 0. The van der Waals surface area contributed by atoms with Crippen LogP contribution in [0.3, 0.4) is 0 Å². The van der Waals surface area contributed by atoms with Gasteiger partial charge in [-0.05, 0) is 43.6 Å². The van der Waals surface area contributed by atoms with Gasteiger partial charge >= 0.3 is 0 Å². The topological polar surface area (TPSA) is 46.3 Å². The fraction of sp³-hybridized carbons (Fsp3) is 0.438. The molecule has 1 amide bonds. The summed E-state index contributed by atoms with van der Waals surface area (Å²) in [7, 11) is 1.74. The van der Waals surface area contributed by atoms with Crippen molar-refractivity contribution in [1.82, 2.24) is 4.90 Å². The summed E-state index contributed by atoms with van der Waals surface area (Å²) >= 11 is 1.74. The number of nitrogens with two attached hydrogens (primary N) is 1. The molecule has 0 aliphatic heterocycles. The van der Waals surface area contributed by atoms with Crippen LogP contribution in [-0.4, -0.2) is 42.4 Å². The number of hydrogen-bond donors (Lipinski definition) is 1. The molecule has 0 spiro atoms. The van der Waals surface area contributed by atoms with Gasteiger partial charge in [0.1, 0.15) is 5.82 Å². The standard InChI is InChI=1S/C16H21FN2OS/c1-12(8-10-21-3)19(2)16(20)14-7-6-13(5-4-9-18)15(17)11-14/h6-7,11-12H,8-10,18H2,1-3H3. The molecular formula is C16H21FN2OS. The van der Waals surface area contributed by atoms with Crippen LogP contribution in [0.4, 0.5) is 4.39 Å². The van der Waals surface area contributed by atoms with Crippen LogP contribution in [0.25, 0.3) is 0 Å². The zero-order valence-corrected chi connectivity index (χ0v) is 13.5. The van der Waals surface area contributed by atoms with Crippen LogP contribution in [0.5, 0.6) is 0 Å². The Morgan fingerprint density at radius 1 is 1.52 bits per heavy atom. The minimum Gasteiger partial charge on any atom is -0.339 e. The number of thioether (sulfide) groups is 1. The minimum absolute atomic E-state index is 0.115. The monoisotopic (exact) mass is 308 g/mol. The van der Waals surface area contributed by atoms with Crippen LogP contribution in [0.2, 0.25) is 0 Å². The van der Waals surface area contributed by atoms with Crippen molar-refractivity contribution in [1.29, 1.82) is 0 Å². The molecule has 2 N–H and O–H groups in total. The highest BCUT2D eigenvalue weighted by atomic mass is 32.2. The zero-order valence-electron chi connectivity index (χ0n) is 12.6. The fourth-order valence-corrected chi connectivity index (χ4v) is 2.36. The van der Waals surface area contributed by atoms with Gasteiger partial charge in [0.25, 0.3) is 5.91 Å². The van der Waals surface area contributed by atoms with E-state index in [9.17, 15) is 9.18 Å². The first kappa shape index (κ1) is 17.5. The van der Waals surface area contributed by atoms with Crippen LogP contribution in [-0.2, 0) is 0 Å². The van der Waals surface area contributed by atoms with E-state index in [1.54, 1.807) is 29.8 Å². The van der Waals surface area contributed by atoms with Gasteiger partial charge in [-0.1, -0.05) is 11.8 Å². The van der Waals surface area contributed by atoms with Crippen molar-refractivity contribution < 1.29 is 9.18 Å². The minimum atomic E-state index is -0.494. The van der Waals surface area contributed by atoms with Crippen molar-refractivity contribution in [3.8, 4) is 11.8 Å². The molecule has 0 aliphatic carbocycles. The molecule has 0 bridgehead atoms. The third-order valence-electron chi connectivity index (χ3n) is 3.26. The highest BCUT2D eigenvalue weighted by molar-refractivity contribution is 7.98. The lowest BCUT2D eigenvalue weighted by Crippen LogP contribution is -2.35. The predicted molar refractivity (Wildman–Crippen MR) is 86.9 cm³/mol. The van der Waals surface area contributed by atoms with Crippen LogP contribution in [0, 0.1) is 17.7 Å². The highest BCUT2D eigenvalue weighted by Crippen LogP contribution is 2.14. The molecule has 0 saturated carbocycles. The highest BCUT2D eigenvalue weighted by Gasteiger charge is 2.18. The normalized spacial score (nSPS) is 11.5. The molecule has 0 saturated heterocycles. The second kappa shape index (κ2) is 8.71. The molecular weight excluding hydrogens is 287 g/mol. The van der Waals surface area contributed by atoms with E-state index in [1.807, 2.05) is 13.2 Å². The first-order valence-electron chi connectivity index (χ1n) is 6.75. The molecule has 1 atom stereocenters. The van der Waals surface area contributed by atoms with E-state index >= 15 is 0 Å². The van der Waals surface area contributed by atoms with E-state index in [0.717, 1.165) is 12.2 Å². The van der Waals surface area contributed by atoms with Crippen molar-refractivity contribution in [3.63, 3.8) is 0 Å². The number of nitrogens with zero attached hydrogens (tertiary/aromatic N) is 1. The summed E-state index contributed by atoms with van der Waals surface area (Å²) in [6, 6.07) is 4.47. The molecule has 1 unspecified atom stereocenters. The second-order valence-electron chi connectivity index (χ2n) is 4.75. The third-order valence-corrected chi connectivity index (χ3v) is 3.91. The van der Waals surface area contributed by atoms with Gasteiger partial charge in [0.2, 0.25) is 0 Å². The molecule has 0 fully saturated rings. The first-order valence-corrected chi connectivity index (χ1v) is 8.15. The molecule has 0 heterocycles. The van der Waals surface area contributed by atoms with E-state index < -0.39 is 5.82 Å². The summed E-state index contributed by atoms with van der Waals surface area (Å²) in [4.78, 5) is 14.0. The molecule has 1 aromatic carbocycles. The Bertz CT molecular complexity index is 551. The summed E-state index contributed by atoms with van der Waals surface area (Å²) in [5.41, 5.74) is 5.86. The molecule has 3 nitrogen and oxygen atoms in total. The van der Waals surface area contributed by atoms with E-state index in [0.29, 0.717) is 5.56 Å². The number of halogens is 1. The van der Waals surface area contributed by atoms with Crippen molar-refractivity contribution in [3.05, 3.63) is 35.1 Å². The molecule has 21 heavy (non-hydrogen) atoms. The van der Waals surface area contributed by atoms with Crippen LogP contribution < -0.4 is 5.73 Å². The van der Waals surface area contributed by atoms with Crippen molar-refractivity contribution in [2.24, 2.45) is 5.73 Å². The lowest BCUT2D eigenvalue weighted by molar-refractivity contribution is 0.0741. The van der Waals surface area contributed by atoms with E-state index in [2.05, 4.69) is 11.8 Å². The van der Waals surface area contributed by atoms with Gasteiger partial charge in [0, 0.05) is 18.7 Å². The summed E-state index contributed by atoms with van der Waals surface area (Å²) in [6.07, 6.45) is 2.94. The number of carbonyl (C=O) groups is 1. The van der Waals surface area contributed by atoms with Gasteiger partial charge < -0.3 is 10.6 Å². The summed E-state index contributed by atoms with van der Waals surface area (Å²) < 4.78 is 13.9. The largest absolute Gasteiger partial charge is 0.339 e. The van der Waals surface area contributed by atoms with Crippen molar-refractivity contribution >= 4 is 17.7 Å². The number of hydrogen-bond acceptors (Lipinski definition) is 3. The Morgan fingerprint density at radius 3 is 2.81 bits per heavy atom. The summed E-state index contributed by atoms with van der Waals surface area (Å²) in [6.45, 7) is 2.17.